The van der Waals surface area contributed by atoms with Crippen LogP contribution in [0.1, 0.15) is 5.56 Å². The van der Waals surface area contributed by atoms with Crippen LogP contribution in [0.25, 0.3) is 33.4 Å². The Morgan fingerprint density at radius 2 is 1.83 bits per heavy atom. The molecule has 0 saturated heterocycles. The molecule has 9 nitrogen and oxygen atoms in total. The van der Waals surface area contributed by atoms with Crippen molar-refractivity contribution < 1.29 is 15.5 Å². The first-order valence-electron chi connectivity index (χ1n) is 8.78. The summed E-state index contributed by atoms with van der Waals surface area (Å²) in [6.45, 7) is 1.82. The lowest BCUT2D eigenvalue weighted by molar-refractivity contribution is -0.991. The number of aromatic nitrogens is 3. The molecule has 152 valence electrons. The average Bonchev–Trinajstić information content (AvgIpc) is 2.69. The lowest BCUT2D eigenvalue weighted by atomic mass is 9.98. The second-order valence-corrected chi connectivity index (χ2v) is 7.14. The number of quaternary nitrogens is 1. The first-order valence-corrected chi connectivity index (χ1v) is 9.16. The van der Waals surface area contributed by atoms with E-state index < -0.39 is 10.9 Å². The molecule has 0 amide bonds. The predicted molar refractivity (Wildman–Crippen MR) is 113 cm³/mol. The standard InChI is InChI=1S/C20H16ClN5O4/c1-9-6-13(17(27)14(21)7-9)15-8-12(10-2-4-11(5-3-10)26(29)30)16-18(22)24-20(28)25-19(16)23-15/h2-8,26-27,29H,1H3,(H3,22,23,24,25,28). The van der Waals surface area contributed by atoms with Crippen LogP contribution in [0.15, 0.2) is 47.3 Å². The summed E-state index contributed by atoms with van der Waals surface area (Å²) in [5.74, 6) is -0.0769. The molecule has 6 N–H and O–H groups in total. The predicted octanol–water partition coefficient (Wildman–Crippen LogP) is 2.31. The van der Waals surface area contributed by atoms with Crippen molar-refractivity contribution in [3.63, 3.8) is 0 Å². The number of nitrogens with one attached hydrogen (secondary N) is 2. The van der Waals surface area contributed by atoms with Crippen molar-refractivity contribution in [3.05, 3.63) is 68.7 Å². The van der Waals surface area contributed by atoms with E-state index in [-0.39, 0.29) is 27.9 Å². The Bertz CT molecular complexity index is 1340. The van der Waals surface area contributed by atoms with Gasteiger partial charge in [-0.3, -0.25) is 4.98 Å². The van der Waals surface area contributed by atoms with Gasteiger partial charge in [-0.1, -0.05) is 11.6 Å². The summed E-state index contributed by atoms with van der Waals surface area (Å²) in [5, 5.41) is 30.3. The van der Waals surface area contributed by atoms with Crippen molar-refractivity contribution in [3.8, 4) is 28.1 Å². The summed E-state index contributed by atoms with van der Waals surface area (Å²) in [6.07, 6.45) is 0. The molecule has 0 radical (unpaired) electrons. The molecule has 1 atom stereocenters. The number of nitrogen functional groups attached to an aromatic ring is 1. The van der Waals surface area contributed by atoms with Crippen LogP contribution in [0, 0.1) is 12.1 Å². The van der Waals surface area contributed by atoms with Gasteiger partial charge in [0, 0.05) is 17.7 Å². The highest BCUT2D eigenvalue weighted by Gasteiger charge is 2.18. The SMILES string of the molecule is Cc1cc(Cl)c(O)c(-c2cc(-c3ccc([NH+]([O-])O)cc3)c3c(N)[nH]c(=O)nc3n2)c1. The third-order valence-electron chi connectivity index (χ3n) is 4.65. The molecule has 0 saturated carbocycles. The van der Waals surface area contributed by atoms with Crippen molar-refractivity contribution in [1.29, 1.82) is 0 Å². The normalized spacial score (nSPS) is 12.3. The Kier molecular flexibility index (Phi) is 4.88. The number of nitrogens with zero attached hydrogens (tertiary/aromatic N) is 2. The first-order chi connectivity index (χ1) is 14.2. The molecule has 2 aromatic heterocycles. The van der Waals surface area contributed by atoms with Crippen molar-refractivity contribution in [2.75, 3.05) is 5.73 Å². The summed E-state index contributed by atoms with van der Waals surface area (Å²) >= 11 is 6.12. The lowest BCUT2D eigenvalue weighted by Gasteiger charge is -2.14. The minimum atomic E-state index is -1.05. The van der Waals surface area contributed by atoms with Gasteiger partial charge in [-0.2, -0.15) is 10.2 Å². The van der Waals surface area contributed by atoms with Crippen molar-refractivity contribution in [2.45, 2.75) is 6.92 Å². The molecular weight excluding hydrogens is 410 g/mol. The fraction of sp³-hybridized carbons (Fsp3) is 0.0500. The molecule has 2 heterocycles. The van der Waals surface area contributed by atoms with E-state index in [4.69, 9.17) is 22.5 Å². The van der Waals surface area contributed by atoms with E-state index in [2.05, 4.69) is 15.0 Å². The highest BCUT2D eigenvalue weighted by Crippen LogP contribution is 2.39. The van der Waals surface area contributed by atoms with Crippen LogP contribution in [-0.4, -0.2) is 25.3 Å². The number of nitrogens with two attached hydrogens (primary N) is 1. The number of phenolic OH excluding ortho intramolecular Hbond substituents is 1. The zero-order valence-corrected chi connectivity index (χ0v) is 16.4. The maximum Gasteiger partial charge on any atom is 0.348 e. The topological polar surface area (TPSA) is 153 Å². The number of anilines is 1. The largest absolute Gasteiger partial charge is 0.595 e. The van der Waals surface area contributed by atoms with Crippen LogP contribution < -0.4 is 16.6 Å². The third kappa shape index (κ3) is 3.46. The summed E-state index contributed by atoms with van der Waals surface area (Å²) < 4.78 is 0. The van der Waals surface area contributed by atoms with Crippen LogP contribution >= 0.6 is 11.6 Å². The number of phenols is 1. The number of pyridine rings is 1. The number of hydrogen-bond acceptors (Lipinski definition) is 7. The third-order valence-corrected chi connectivity index (χ3v) is 4.93. The van der Waals surface area contributed by atoms with Gasteiger partial charge in [-0.15, -0.1) is 0 Å². The number of benzene rings is 2. The van der Waals surface area contributed by atoms with Gasteiger partial charge in [0.15, 0.2) is 11.3 Å². The summed E-state index contributed by atoms with van der Waals surface area (Å²) in [4.78, 5) is 22.7. The van der Waals surface area contributed by atoms with E-state index in [0.29, 0.717) is 27.8 Å². The monoisotopic (exact) mass is 425 g/mol. The van der Waals surface area contributed by atoms with Gasteiger partial charge in [-0.25, -0.2) is 15.0 Å². The zero-order valence-electron chi connectivity index (χ0n) is 15.6. The molecule has 0 bridgehead atoms. The first kappa shape index (κ1) is 19.8. The molecule has 0 spiro atoms. The van der Waals surface area contributed by atoms with E-state index in [1.54, 1.807) is 30.3 Å². The average molecular weight is 426 g/mol. The van der Waals surface area contributed by atoms with Crippen LogP contribution in [0.3, 0.4) is 0 Å². The van der Waals surface area contributed by atoms with Gasteiger partial charge in [0.05, 0.1) is 16.1 Å². The van der Waals surface area contributed by atoms with E-state index in [1.165, 1.54) is 12.1 Å². The molecule has 30 heavy (non-hydrogen) atoms. The maximum absolute atomic E-state index is 11.9. The Labute approximate surface area is 174 Å². The molecule has 1 unspecified atom stereocenters. The number of aromatic amines is 1. The molecule has 0 aliphatic heterocycles. The molecular formula is C20H16ClN5O4. The highest BCUT2D eigenvalue weighted by molar-refractivity contribution is 6.32. The highest BCUT2D eigenvalue weighted by atomic mass is 35.5. The molecule has 2 aromatic carbocycles. The van der Waals surface area contributed by atoms with Crippen molar-refractivity contribution >= 4 is 34.1 Å². The number of fused-ring (bicyclic) bond motifs is 1. The minimum Gasteiger partial charge on any atom is -0.595 e. The summed E-state index contributed by atoms with van der Waals surface area (Å²) in [6, 6.07) is 11.2. The van der Waals surface area contributed by atoms with Crippen LogP contribution in [0.5, 0.6) is 5.75 Å². The van der Waals surface area contributed by atoms with E-state index in [9.17, 15) is 15.1 Å². The second kappa shape index (κ2) is 7.39. The van der Waals surface area contributed by atoms with Crippen LogP contribution in [0.4, 0.5) is 11.5 Å². The van der Waals surface area contributed by atoms with Crippen LogP contribution in [0.2, 0.25) is 5.02 Å². The smallest absolute Gasteiger partial charge is 0.348 e. The zero-order chi connectivity index (χ0) is 21.6. The molecule has 0 aliphatic rings. The Hall–Kier alpha value is -3.50. The van der Waals surface area contributed by atoms with Gasteiger partial charge >= 0.3 is 5.69 Å². The Morgan fingerprint density at radius 1 is 1.13 bits per heavy atom. The van der Waals surface area contributed by atoms with Crippen molar-refractivity contribution in [2.24, 2.45) is 0 Å². The number of aryl methyl sites for hydroxylation is 1. The van der Waals surface area contributed by atoms with Gasteiger partial charge in [0.2, 0.25) is 0 Å². The molecule has 0 fully saturated rings. The van der Waals surface area contributed by atoms with Gasteiger partial charge < -0.3 is 16.0 Å². The molecule has 4 aromatic rings. The fourth-order valence-corrected chi connectivity index (χ4v) is 3.54. The second-order valence-electron chi connectivity index (χ2n) is 6.73. The van der Waals surface area contributed by atoms with Gasteiger partial charge in [0.1, 0.15) is 11.6 Å². The number of H-pyrrole nitrogens is 1. The van der Waals surface area contributed by atoms with Gasteiger partial charge in [0.25, 0.3) is 0 Å². The van der Waals surface area contributed by atoms with Crippen molar-refractivity contribution in [1.82, 2.24) is 15.0 Å². The molecule has 10 heteroatoms. The number of rotatable bonds is 3. The van der Waals surface area contributed by atoms with E-state index in [0.717, 1.165) is 5.56 Å². The Balaban J connectivity index is 2.05. The molecule has 4 rings (SSSR count). The lowest BCUT2D eigenvalue weighted by Crippen LogP contribution is -2.99. The van der Waals surface area contributed by atoms with Crippen LogP contribution in [-0.2, 0) is 0 Å². The molecule has 0 aliphatic carbocycles. The minimum absolute atomic E-state index is 0.0767. The Morgan fingerprint density at radius 3 is 2.50 bits per heavy atom. The quantitative estimate of drug-likeness (QED) is 0.316. The number of halogens is 1. The maximum atomic E-state index is 11.9. The number of aromatic hydroxyl groups is 1. The summed E-state index contributed by atoms with van der Waals surface area (Å²) in [7, 11) is 0. The fourth-order valence-electron chi connectivity index (χ4n) is 3.27. The van der Waals surface area contributed by atoms with E-state index >= 15 is 0 Å². The van der Waals surface area contributed by atoms with E-state index in [1.807, 2.05) is 6.92 Å². The van der Waals surface area contributed by atoms with Gasteiger partial charge in [-0.05, 0) is 53.9 Å². The summed E-state index contributed by atoms with van der Waals surface area (Å²) in [5.41, 5.74) is 8.29. The number of hydrogen-bond donors (Lipinski definition) is 5.